The van der Waals surface area contributed by atoms with Crippen molar-refractivity contribution in [2.75, 3.05) is 20.2 Å². The van der Waals surface area contributed by atoms with Crippen LogP contribution in [-0.4, -0.2) is 36.9 Å². The van der Waals surface area contributed by atoms with E-state index in [1.165, 1.54) is 11.8 Å². The number of nitrogens with one attached hydrogen (secondary N) is 1. The van der Waals surface area contributed by atoms with E-state index in [0.717, 1.165) is 23.3 Å². The Morgan fingerprint density at radius 2 is 1.68 bits per heavy atom. The molecule has 2 amide bonds. The van der Waals surface area contributed by atoms with Gasteiger partial charge in [-0.1, -0.05) is 42.5 Å². The van der Waals surface area contributed by atoms with E-state index in [9.17, 15) is 9.59 Å². The summed E-state index contributed by atoms with van der Waals surface area (Å²) in [5.74, 6) is 0.541. The summed E-state index contributed by atoms with van der Waals surface area (Å²) in [6.45, 7) is 2.50. The van der Waals surface area contributed by atoms with Crippen LogP contribution in [0.1, 0.15) is 18.1 Å². The first kappa shape index (κ1) is 18.5. The maximum atomic E-state index is 12.1. The molecule has 1 N–H and O–H groups in total. The lowest BCUT2D eigenvalue weighted by Gasteiger charge is -2.20. The van der Waals surface area contributed by atoms with Crippen LogP contribution in [0.2, 0.25) is 0 Å². The third-order valence-electron chi connectivity index (χ3n) is 3.89. The number of benzene rings is 2. The number of nitrogens with zero attached hydrogens (tertiary/aromatic N) is 1. The van der Waals surface area contributed by atoms with Crippen molar-refractivity contribution in [3.63, 3.8) is 0 Å². The van der Waals surface area contributed by atoms with E-state index in [4.69, 9.17) is 4.74 Å². The van der Waals surface area contributed by atoms with Crippen molar-refractivity contribution in [2.45, 2.75) is 19.9 Å². The highest BCUT2D eigenvalue weighted by atomic mass is 16.5. The van der Waals surface area contributed by atoms with Crippen LogP contribution >= 0.6 is 0 Å². The minimum absolute atomic E-state index is 0.0623. The van der Waals surface area contributed by atoms with Gasteiger partial charge in [0.05, 0.1) is 13.7 Å². The first-order chi connectivity index (χ1) is 12.1. The largest absolute Gasteiger partial charge is 0.497 e. The van der Waals surface area contributed by atoms with Gasteiger partial charge in [-0.3, -0.25) is 9.59 Å². The van der Waals surface area contributed by atoms with Crippen LogP contribution in [0.5, 0.6) is 5.75 Å². The van der Waals surface area contributed by atoms with E-state index in [0.29, 0.717) is 13.1 Å². The van der Waals surface area contributed by atoms with Gasteiger partial charge in [0.15, 0.2) is 0 Å². The van der Waals surface area contributed by atoms with Gasteiger partial charge in [-0.05, 0) is 29.7 Å². The number of rotatable bonds is 8. The van der Waals surface area contributed by atoms with E-state index in [1.807, 2.05) is 54.6 Å². The fraction of sp³-hybridized carbons (Fsp3) is 0.300. The monoisotopic (exact) mass is 340 g/mol. The molecule has 2 rings (SSSR count). The average Bonchev–Trinajstić information content (AvgIpc) is 2.62. The third kappa shape index (κ3) is 6.30. The lowest BCUT2D eigenvalue weighted by molar-refractivity contribution is -0.134. The summed E-state index contributed by atoms with van der Waals surface area (Å²) >= 11 is 0. The van der Waals surface area contributed by atoms with Crippen molar-refractivity contribution in [1.82, 2.24) is 10.2 Å². The van der Waals surface area contributed by atoms with Crippen LogP contribution in [-0.2, 0) is 22.6 Å². The Morgan fingerprint density at radius 3 is 2.28 bits per heavy atom. The molecule has 132 valence electrons. The van der Waals surface area contributed by atoms with Crippen LogP contribution in [0.4, 0.5) is 0 Å². The van der Waals surface area contributed by atoms with Gasteiger partial charge in [0.25, 0.3) is 0 Å². The number of methoxy groups -OCH3 is 1. The first-order valence-electron chi connectivity index (χ1n) is 8.27. The molecule has 0 saturated carbocycles. The molecule has 0 spiro atoms. The van der Waals surface area contributed by atoms with Gasteiger partial charge in [0.2, 0.25) is 11.8 Å². The summed E-state index contributed by atoms with van der Waals surface area (Å²) in [5, 5.41) is 2.87. The molecular formula is C20H24N2O3. The number of ether oxygens (including phenoxy) is 1. The summed E-state index contributed by atoms with van der Waals surface area (Å²) in [5.41, 5.74) is 2.12. The Morgan fingerprint density at radius 1 is 1.00 bits per heavy atom. The number of hydrogen-bond acceptors (Lipinski definition) is 3. The fourth-order valence-corrected chi connectivity index (χ4v) is 2.45. The van der Waals surface area contributed by atoms with Gasteiger partial charge >= 0.3 is 0 Å². The van der Waals surface area contributed by atoms with Gasteiger partial charge in [-0.2, -0.15) is 0 Å². The van der Waals surface area contributed by atoms with Gasteiger partial charge < -0.3 is 15.0 Å². The number of carbonyl (C=O) groups excluding carboxylic acids is 2. The molecule has 0 aliphatic heterocycles. The number of hydrogen-bond donors (Lipinski definition) is 1. The molecule has 2 aromatic carbocycles. The molecule has 0 aliphatic rings. The zero-order valence-corrected chi connectivity index (χ0v) is 14.7. The number of amides is 2. The molecule has 0 saturated heterocycles. The minimum atomic E-state index is -0.153. The normalized spacial score (nSPS) is 10.2. The highest BCUT2D eigenvalue weighted by Crippen LogP contribution is 2.11. The Kier molecular flexibility index (Phi) is 7.01. The van der Waals surface area contributed by atoms with Gasteiger partial charge in [-0.25, -0.2) is 0 Å². The molecule has 0 fully saturated rings. The number of carbonyl (C=O) groups is 2. The smallest absolute Gasteiger partial charge is 0.239 e. The molecule has 0 aliphatic carbocycles. The average molecular weight is 340 g/mol. The van der Waals surface area contributed by atoms with Crippen molar-refractivity contribution < 1.29 is 14.3 Å². The molecule has 0 unspecified atom stereocenters. The van der Waals surface area contributed by atoms with Crippen LogP contribution in [0.15, 0.2) is 54.6 Å². The molecule has 0 heterocycles. The van der Waals surface area contributed by atoms with E-state index in [-0.39, 0.29) is 18.4 Å². The van der Waals surface area contributed by atoms with Crippen LogP contribution in [0.25, 0.3) is 0 Å². The minimum Gasteiger partial charge on any atom is -0.497 e. The van der Waals surface area contributed by atoms with Gasteiger partial charge in [0.1, 0.15) is 5.75 Å². The highest BCUT2D eigenvalue weighted by Gasteiger charge is 2.13. The van der Waals surface area contributed by atoms with E-state index in [2.05, 4.69) is 5.32 Å². The standard InChI is InChI=1S/C20H24N2O3/c1-16(23)22(14-18-6-4-3-5-7-18)15-20(24)21-13-12-17-8-10-19(25-2)11-9-17/h3-11H,12-15H2,1-2H3,(H,21,24). The van der Waals surface area contributed by atoms with E-state index < -0.39 is 0 Å². The highest BCUT2D eigenvalue weighted by molar-refractivity contribution is 5.83. The van der Waals surface area contributed by atoms with Crippen molar-refractivity contribution in [1.29, 1.82) is 0 Å². The maximum Gasteiger partial charge on any atom is 0.239 e. The van der Waals surface area contributed by atoms with Crippen molar-refractivity contribution >= 4 is 11.8 Å². The summed E-state index contributed by atoms with van der Waals surface area (Å²) in [6, 6.07) is 17.4. The second-order valence-corrected chi connectivity index (χ2v) is 5.81. The predicted molar refractivity (Wildman–Crippen MR) is 97.2 cm³/mol. The second-order valence-electron chi connectivity index (χ2n) is 5.81. The molecule has 0 bridgehead atoms. The molecule has 5 heteroatoms. The van der Waals surface area contributed by atoms with E-state index >= 15 is 0 Å². The molecule has 0 aromatic heterocycles. The fourth-order valence-electron chi connectivity index (χ4n) is 2.45. The van der Waals surface area contributed by atoms with Crippen molar-refractivity contribution in [3.8, 4) is 5.75 Å². The van der Waals surface area contributed by atoms with Crippen LogP contribution < -0.4 is 10.1 Å². The van der Waals surface area contributed by atoms with Crippen LogP contribution in [0, 0.1) is 0 Å². The van der Waals surface area contributed by atoms with Crippen molar-refractivity contribution in [2.24, 2.45) is 0 Å². The summed E-state index contributed by atoms with van der Waals surface area (Å²) in [4.78, 5) is 25.4. The Labute approximate surface area is 148 Å². The van der Waals surface area contributed by atoms with E-state index in [1.54, 1.807) is 7.11 Å². The van der Waals surface area contributed by atoms with Gasteiger partial charge in [-0.15, -0.1) is 0 Å². The Bertz CT molecular complexity index is 684. The lowest BCUT2D eigenvalue weighted by atomic mass is 10.1. The second kappa shape index (κ2) is 9.47. The quantitative estimate of drug-likeness (QED) is 0.803. The zero-order valence-electron chi connectivity index (χ0n) is 14.7. The molecule has 0 radical (unpaired) electrons. The topological polar surface area (TPSA) is 58.6 Å². The molecule has 5 nitrogen and oxygen atoms in total. The first-order valence-corrected chi connectivity index (χ1v) is 8.27. The molecule has 0 atom stereocenters. The van der Waals surface area contributed by atoms with Crippen LogP contribution in [0.3, 0.4) is 0 Å². The molecule has 25 heavy (non-hydrogen) atoms. The zero-order chi connectivity index (χ0) is 18.1. The SMILES string of the molecule is COc1ccc(CCNC(=O)CN(Cc2ccccc2)C(C)=O)cc1. The Balaban J connectivity index is 1.79. The summed E-state index contributed by atoms with van der Waals surface area (Å²) in [6.07, 6.45) is 0.731. The lowest BCUT2D eigenvalue weighted by Crippen LogP contribution is -2.39. The molecular weight excluding hydrogens is 316 g/mol. The van der Waals surface area contributed by atoms with Gasteiger partial charge in [0, 0.05) is 20.0 Å². The Hall–Kier alpha value is -2.82. The summed E-state index contributed by atoms with van der Waals surface area (Å²) in [7, 11) is 1.63. The van der Waals surface area contributed by atoms with Crippen molar-refractivity contribution in [3.05, 3.63) is 65.7 Å². The summed E-state index contributed by atoms with van der Waals surface area (Å²) < 4.78 is 5.12. The predicted octanol–water partition coefficient (Wildman–Crippen LogP) is 2.40. The maximum absolute atomic E-state index is 12.1. The third-order valence-corrected chi connectivity index (χ3v) is 3.89. The molecule has 2 aromatic rings.